The van der Waals surface area contributed by atoms with E-state index in [1.165, 1.54) is 0 Å². The molecule has 0 aromatic carbocycles. The Kier molecular flexibility index (Phi) is 7.64. The molecular formula is C13H25N5O2. The zero-order valence-corrected chi connectivity index (χ0v) is 12.8. The predicted molar refractivity (Wildman–Crippen MR) is 79.5 cm³/mol. The van der Waals surface area contributed by atoms with Crippen molar-refractivity contribution < 1.29 is 9.47 Å². The van der Waals surface area contributed by atoms with E-state index < -0.39 is 0 Å². The smallest absolute Gasteiger partial charge is 0.323 e. The van der Waals surface area contributed by atoms with Gasteiger partial charge in [0, 0.05) is 33.9 Å². The fraction of sp³-hybridized carbons (Fsp3) is 0.769. The predicted octanol–water partition coefficient (Wildman–Crippen LogP) is 1.56. The van der Waals surface area contributed by atoms with Crippen LogP contribution in [0.2, 0.25) is 0 Å². The summed E-state index contributed by atoms with van der Waals surface area (Å²) in [5, 5.41) is 3.09. The Hall–Kier alpha value is -1.63. The van der Waals surface area contributed by atoms with Gasteiger partial charge in [0.05, 0.1) is 6.61 Å². The molecule has 0 spiro atoms. The summed E-state index contributed by atoms with van der Waals surface area (Å²) >= 11 is 0. The highest BCUT2D eigenvalue weighted by Gasteiger charge is 2.10. The molecule has 7 heteroatoms. The van der Waals surface area contributed by atoms with Gasteiger partial charge in [0.15, 0.2) is 0 Å². The van der Waals surface area contributed by atoms with Crippen LogP contribution >= 0.6 is 0 Å². The van der Waals surface area contributed by atoms with E-state index in [1.807, 2.05) is 25.8 Å². The summed E-state index contributed by atoms with van der Waals surface area (Å²) in [4.78, 5) is 14.9. The highest BCUT2D eigenvalue weighted by molar-refractivity contribution is 5.37. The van der Waals surface area contributed by atoms with Gasteiger partial charge >= 0.3 is 6.01 Å². The quantitative estimate of drug-likeness (QED) is 0.653. The van der Waals surface area contributed by atoms with Crippen LogP contribution in [-0.4, -0.2) is 55.4 Å². The van der Waals surface area contributed by atoms with Crippen LogP contribution in [0.25, 0.3) is 0 Å². The Morgan fingerprint density at radius 1 is 1.15 bits per heavy atom. The molecule has 0 aliphatic heterocycles. The third-order valence-electron chi connectivity index (χ3n) is 2.56. The van der Waals surface area contributed by atoms with Gasteiger partial charge in [-0.25, -0.2) is 0 Å². The molecule has 20 heavy (non-hydrogen) atoms. The van der Waals surface area contributed by atoms with E-state index in [0.717, 1.165) is 25.9 Å². The molecule has 7 nitrogen and oxygen atoms in total. The monoisotopic (exact) mass is 283 g/mol. The van der Waals surface area contributed by atoms with Crippen LogP contribution in [0.3, 0.4) is 0 Å². The Balaban J connectivity index is 2.78. The number of anilines is 2. The van der Waals surface area contributed by atoms with Crippen LogP contribution in [0, 0.1) is 0 Å². The average Bonchev–Trinajstić information content (AvgIpc) is 2.45. The first-order chi connectivity index (χ1) is 9.71. The Morgan fingerprint density at radius 3 is 2.60 bits per heavy atom. The zero-order chi connectivity index (χ0) is 14.8. The molecular weight excluding hydrogens is 258 g/mol. The van der Waals surface area contributed by atoms with Crippen molar-refractivity contribution in [2.75, 3.05) is 50.7 Å². The first kappa shape index (κ1) is 16.4. The van der Waals surface area contributed by atoms with Crippen LogP contribution < -0.4 is 15.0 Å². The molecule has 0 saturated carbocycles. The van der Waals surface area contributed by atoms with Gasteiger partial charge in [-0.2, -0.15) is 15.0 Å². The number of ether oxygens (including phenoxy) is 2. The lowest BCUT2D eigenvalue weighted by molar-refractivity contribution is 0.196. The minimum Gasteiger partial charge on any atom is -0.463 e. The van der Waals surface area contributed by atoms with Crippen LogP contribution in [0.5, 0.6) is 6.01 Å². The highest BCUT2D eigenvalue weighted by atomic mass is 16.5. The summed E-state index contributed by atoms with van der Waals surface area (Å²) < 4.78 is 10.6. The second kappa shape index (κ2) is 9.30. The molecule has 1 N–H and O–H groups in total. The number of hydrogen-bond donors (Lipinski definition) is 1. The SMILES string of the molecule is CCCOc1nc(NCC)nc(N(C)CCCOC)n1. The summed E-state index contributed by atoms with van der Waals surface area (Å²) in [6.45, 7) is 6.93. The second-order valence-electron chi connectivity index (χ2n) is 4.39. The van der Waals surface area contributed by atoms with Gasteiger partial charge < -0.3 is 19.7 Å². The van der Waals surface area contributed by atoms with Gasteiger partial charge in [0.25, 0.3) is 0 Å². The van der Waals surface area contributed by atoms with Crippen molar-refractivity contribution in [1.82, 2.24) is 15.0 Å². The van der Waals surface area contributed by atoms with Gasteiger partial charge in [-0.15, -0.1) is 0 Å². The number of aromatic nitrogens is 3. The molecule has 0 aliphatic carbocycles. The topological polar surface area (TPSA) is 72.4 Å². The van der Waals surface area contributed by atoms with E-state index in [9.17, 15) is 0 Å². The van der Waals surface area contributed by atoms with Gasteiger partial charge in [-0.05, 0) is 19.8 Å². The van der Waals surface area contributed by atoms with Crippen LogP contribution in [0.15, 0.2) is 0 Å². The van der Waals surface area contributed by atoms with Crippen LogP contribution in [0.1, 0.15) is 26.7 Å². The van der Waals surface area contributed by atoms with Crippen molar-refractivity contribution in [3.63, 3.8) is 0 Å². The normalized spacial score (nSPS) is 10.4. The largest absolute Gasteiger partial charge is 0.463 e. The maximum absolute atomic E-state index is 5.51. The van der Waals surface area contributed by atoms with Crippen molar-refractivity contribution in [2.24, 2.45) is 0 Å². The standard InChI is InChI=1S/C13H25N5O2/c1-5-9-20-13-16-11(14-6-2)15-12(17-13)18(3)8-7-10-19-4/h5-10H2,1-4H3,(H,14,15,16,17). The number of hydrogen-bond acceptors (Lipinski definition) is 7. The van der Waals surface area contributed by atoms with Crippen LogP contribution in [0.4, 0.5) is 11.9 Å². The third-order valence-corrected chi connectivity index (χ3v) is 2.56. The molecule has 1 aromatic rings. The molecule has 0 fully saturated rings. The average molecular weight is 283 g/mol. The Labute approximate surface area is 120 Å². The van der Waals surface area contributed by atoms with Gasteiger partial charge in [-0.1, -0.05) is 6.92 Å². The molecule has 0 amide bonds. The van der Waals surface area contributed by atoms with Gasteiger partial charge in [-0.3, -0.25) is 0 Å². The minimum absolute atomic E-state index is 0.367. The molecule has 1 aromatic heterocycles. The third kappa shape index (κ3) is 5.56. The van der Waals surface area contributed by atoms with Gasteiger partial charge in [0.1, 0.15) is 0 Å². The fourth-order valence-electron chi connectivity index (χ4n) is 1.56. The van der Waals surface area contributed by atoms with E-state index in [2.05, 4.69) is 20.3 Å². The maximum atomic E-state index is 5.51. The lowest BCUT2D eigenvalue weighted by atomic mass is 10.4. The molecule has 0 aliphatic rings. The summed E-state index contributed by atoms with van der Waals surface area (Å²) in [7, 11) is 3.65. The first-order valence-electron chi connectivity index (χ1n) is 7.04. The Morgan fingerprint density at radius 2 is 1.95 bits per heavy atom. The molecule has 0 radical (unpaired) electrons. The number of nitrogens with one attached hydrogen (secondary N) is 1. The summed E-state index contributed by atoms with van der Waals surface area (Å²) in [6.07, 6.45) is 1.83. The molecule has 1 rings (SSSR count). The van der Waals surface area contributed by atoms with Crippen LogP contribution in [-0.2, 0) is 4.74 Å². The number of methoxy groups -OCH3 is 1. The van der Waals surface area contributed by atoms with E-state index >= 15 is 0 Å². The highest BCUT2D eigenvalue weighted by Crippen LogP contribution is 2.14. The molecule has 0 saturated heterocycles. The summed E-state index contributed by atoms with van der Waals surface area (Å²) in [6, 6.07) is 0.367. The molecule has 0 unspecified atom stereocenters. The van der Waals surface area contributed by atoms with E-state index in [1.54, 1.807) is 7.11 Å². The zero-order valence-electron chi connectivity index (χ0n) is 12.8. The molecule has 114 valence electrons. The minimum atomic E-state index is 0.367. The second-order valence-corrected chi connectivity index (χ2v) is 4.39. The first-order valence-corrected chi connectivity index (χ1v) is 7.04. The van der Waals surface area contributed by atoms with Crippen molar-refractivity contribution in [3.8, 4) is 6.01 Å². The fourth-order valence-corrected chi connectivity index (χ4v) is 1.56. The number of rotatable bonds is 10. The Bertz CT molecular complexity index is 389. The van der Waals surface area contributed by atoms with Crippen molar-refractivity contribution in [1.29, 1.82) is 0 Å². The van der Waals surface area contributed by atoms with Crippen molar-refractivity contribution >= 4 is 11.9 Å². The van der Waals surface area contributed by atoms with Gasteiger partial charge in [0.2, 0.25) is 11.9 Å². The lowest BCUT2D eigenvalue weighted by Gasteiger charge is -2.18. The van der Waals surface area contributed by atoms with E-state index in [4.69, 9.17) is 9.47 Å². The lowest BCUT2D eigenvalue weighted by Crippen LogP contribution is -2.23. The summed E-state index contributed by atoms with van der Waals surface area (Å²) in [5.74, 6) is 1.15. The van der Waals surface area contributed by atoms with E-state index in [-0.39, 0.29) is 0 Å². The molecule has 0 atom stereocenters. The summed E-state index contributed by atoms with van der Waals surface area (Å²) in [5.41, 5.74) is 0. The number of nitrogens with zero attached hydrogens (tertiary/aromatic N) is 4. The van der Waals surface area contributed by atoms with Crippen molar-refractivity contribution in [3.05, 3.63) is 0 Å². The molecule has 0 bridgehead atoms. The maximum Gasteiger partial charge on any atom is 0.323 e. The molecule has 1 heterocycles. The van der Waals surface area contributed by atoms with Crippen molar-refractivity contribution in [2.45, 2.75) is 26.7 Å². The van der Waals surface area contributed by atoms with E-state index in [0.29, 0.717) is 31.1 Å².